The summed E-state index contributed by atoms with van der Waals surface area (Å²) in [5.41, 5.74) is 1.36. The van der Waals surface area contributed by atoms with Gasteiger partial charge < -0.3 is 14.4 Å². The number of imidazole rings is 1. The van der Waals surface area contributed by atoms with Gasteiger partial charge in [0, 0.05) is 42.5 Å². The molecule has 2 heterocycles. The van der Waals surface area contributed by atoms with Gasteiger partial charge in [-0.25, -0.2) is 4.98 Å². The number of aliphatic hydroxyl groups is 1. The summed E-state index contributed by atoms with van der Waals surface area (Å²) in [6.45, 7) is 4.98. The van der Waals surface area contributed by atoms with Crippen molar-refractivity contribution in [3.8, 4) is 17.1 Å². The van der Waals surface area contributed by atoms with E-state index in [2.05, 4.69) is 20.7 Å². The zero-order valence-electron chi connectivity index (χ0n) is 14.9. The van der Waals surface area contributed by atoms with Crippen LogP contribution < -0.4 is 4.74 Å². The summed E-state index contributed by atoms with van der Waals surface area (Å²) in [4.78, 5) is 4.50. The van der Waals surface area contributed by atoms with Gasteiger partial charge in [0.1, 0.15) is 11.6 Å². The molecule has 0 saturated carbocycles. The standard InChI is InChI=1S/C19H24N4O2/c1-19(2,24)7-11-22-12-9-20-18(22)15-5-6-17(25-3)16(13-15)14-23-10-4-8-21-23/h4-6,8-10,12-13,24H,7,11,14H2,1-3H3. The van der Waals surface area contributed by atoms with Crippen LogP contribution in [0.25, 0.3) is 11.4 Å². The molecule has 1 N–H and O–H groups in total. The normalized spacial score (nSPS) is 11.7. The van der Waals surface area contributed by atoms with E-state index in [9.17, 15) is 5.11 Å². The first-order valence-electron chi connectivity index (χ1n) is 8.34. The Bertz CT molecular complexity index is 816. The number of ether oxygens (including phenoxy) is 1. The summed E-state index contributed by atoms with van der Waals surface area (Å²) < 4.78 is 9.42. The first-order valence-corrected chi connectivity index (χ1v) is 8.34. The van der Waals surface area contributed by atoms with Crippen LogP contribution in [0.1, 0.15) is 25.8 Å². The number of benzene rings is 1. The first-order chi connectivity index (χ1) is 12.0. The maximum absolute atomic E-state index is 9.97. The zero-order chi connectivity index (χ0) is 17.9. The van der Waals surface area contributed by atoms with Crippen LogP contribution in [-0.2, 0) is 13.1 Å². The highest BCUT2D eigenvalue weighted by atomic mass is 16.5. The fourth-order valence-corrected chi connectivity index (χ4v) is 2.75. The summed E-state index contributed by atoms with van der Waals surface area (Å²) in [6.07, 6.45) is 8.08. The molecule has 25 heavy (non-hydrogen) atoms. The lowest BCUT2D eigenvalue weighted by atomic mass is 10.1. The van der Waals surface area contributed by atoms with E-state index in [1.54, 1.807) is 19.5 Å². The van der Waals surface area contributed by atoms with Gasteiger partial charge in [-0.05, 0) is 44.5 Å². The lowest BCUT2D eigenvalue weighted by Crippen LogP contribution is -2.21. The fourth-order valence-electron chi connectivity index (χ4n) is 2.75. The Morgan fingerprint density at radius 3 is 2.72 bits per heavy atom. The van der Waals surface area contributed by atoms with Gasteiger partial charge in [-0.1, -0.05) is 0 Å². The van der Waals surface area contributed by atoms with E-state index >= 15 is 0 Å². The van der Waals surface area contributed by atoms with Gasteiger partial charge in [0.25, 0.3) is 0 Å². The van der Waals surface area contributed by atoms with Gasteiger partial charge in [0.15, 0.2) is 0 Å². The summed E-state index contributed by atoms with van der Waals surface area (Å²) in [5, 5.41) is 14.2. The van der Waals surface area contributed by atoms with Crippen LogP contribution in [0.2, 0.25) is 0 Å². The van der Waals surface area contributed by atoms with Crippen LogP contribution in [0, 0.1) is 0 Å². The molecule has 0 spiro atoms. The highest BCUT2D eigenvalue weighted by Crippen LogP contribution is 2.27. The van der Waals surface area contributed by atoms with E-state index in [0.717, 1.165) is 22.7 Å². The molecule has 0 aliphatic heterocycles. The topological polar surface area (TPSA) is 65.1 Å². The highest BCUT2D eigenvalue weighted by Gasteiger charge is 2.15. The van der Waals surface area contributed by atoms with Crippen molar-refractivity contribution in [2.75, 3.05) is 7.11 Å². The van der Waals surface area contributed by atoms with Gasteiger partial charge in [0.2, 0.25) is 0 Å². The van der Waals surface area contributed by atoms with Gasteiger partial charge in [0.05, 0.1) is 19.3 Å². The fraction of sp³-hybridized carbons (Fsp3) is 0.368. The van der Waals surface area contributed by atoms with Crippen LogP contribution in [0.4, 0.5) is 0 Å². The largest absolute Gasteiger partial charge is 0.496 e. The van der Waals surface area contributed by atoms with E-state index in [1.165, 1.54) is 0 Å². The second kappa shape index (κ2) is 7.11. The van der Waals surface area contributed by atoms with Gasteiger partial charge in [-0.2, -0.15) is 5.10 Å². The molecule has 3 rings (SSSR count). The Hall–Kier alpha value is -2.60. The Balaban J connectivity index is 1.89. The van der Waals surface area contributed by atoms with Gasteiger partial charge >= 0.3 is 0 Å². The zero-order valence-corrected chi connectivity index (χ0v) is 14.9. The number of hydrogen-bond donors (Lipinski definition) is 1. The minimum absolute atomic E-state index is 0.633. The molecule has 6 heteroatoms. The molecular weight excluding hydrogens is 316 g/mol. The number of hydrogen-bond acceptors (Lipinski definition) is 4. The van der Waals surface area contributed by atoms with E-state index < -0.39 is 5.60 Å². The van der Waals surface area contributed by atoms with Crippen LogP contribution in [0.3, 0.4) is 0 Å². The predicted octanol–water partition coefficient (Wildman–Crippen LogP) is 2.96. The van der Waals surface area contributed by atoms with Crippen LogP contribution in [-0.4, -0.2) is 37.1 Å². The van der Waals surface area contributed by atoms with Crippen molar-refractivity contribution in [3.63, 3.8) is 0 Å². The maximum Gasteiger partial charge on any atom is 0.139 e. The molecule has 0 fully saturated rings. The molecule has 0 amide bonds. The van der Waals surface area contributed by atoms with E-state index in [4.69, 9.17) is 4.74 Å². The molecule has 0 aliphatic rings. The quantitative estimate of drug-likeness (QED) is 0.718. The Morgan fingerprint density at radius 1 is 1.20 bits per heavy atom. The van der Waals surface area contributed by atoms with Gasteiger partial charge in [-0.15, -0.1) is 0 Å². The predicted molar refractivity (Wildman–Crippen MR) is 96.5 cm³/mol. The van der Waals surface area contributed by atoms with Crippen LogP contribution in [0.15, 0.2) is 49.1 Å². The molecule has 0 aliphatic carbocycles. The van der Waals surface area contributed by atoms with Crippen molar-refractivity contribution < 1.29 is 9.84 Å². The van der Waals surface area contributed by atoms with Gasteiger partial charge in [-0.3, -0.25) is 4.68 Å². The molecule has 0 atom stereocenters. The highest BCUT2D eigenvalue weighted by molar-refractivity contribution is 5.59. The maximum atomic E-state index is 9.97. The minimum Gasteiger partial charge on any atom is -0.496 e. The lowest BCUT2D eigenvalue weighted by Gasteiger charge is -2.18. The molecule has 2 aromatic heterocycles. The molecule has 0 radical (unpaired) electrons. The third-order valence-electron chi connectivity index (χ3n) is 4.11. The molecule has 0 saturated heterocycles. The first kappa shape index (κ1) is 17.2. The third-order valence-corrected chi connectivity index (χ3v) is 4.11. The van der Waals surface area contributed by atoms with Crippen molar-refractivity contribution in [3.05, 3.63) is 54.6 Å². The van der Waals surface area contributed by atoms with Crippen molar-refractivity contribution >= 4 is 0 Å². The molecular formula is C19H24N4O2. The van der Waals surface area contributed by atoms with E-state index in [0.29, 0.717) is 19.5 Å². The van der Waals surface area contributed by atoms with Crippen molar-refractivity contribution in [1.82, 2.24) is 19.3 Å². The number of nitrogens with zero attached hydrogens (tertiary/aromatic N) is 4. The van der Waals surface area contributed by atoms with Crippen LogP contribution in [0.5, 0.6) is 5.75 Å². The molecule has 6 nitrogen and oxygen atoms in total. The average Bonchev–Trinajstić information content (AvgIpc) is 3.23. The number of aromatic nitrogens is 4. The van der Waals surface area contributed by atoms with E-state index in [-0.39, 0.29) is 0 Å². The molecule has 3 aromatic rings. The SMILES string of the molecule is COc1ccc(-c2nccn2CCC(C)(C)O)cc1Cn1cccn1. The Morgan fingerprint density at radius 2 is 2.04 bits per heavy atom. The number of rotatable bonds is 7. The second-order valence-electron chi connectivity index (χ2n) is 6.74. The average molecular weight is 340 g/mol. The lowest BCUT2D eigenvalue weighted by molar-refractivity contribution is 0.0663. The molecule has 0 bridgehead atoms. The molecule has 0 unspecified atom stereocenters. The van der Waals surface area contributed by atoms with Crippen molar-refractivity contribution in [2.45, 2.75) is 39.0 Å². The number of methoxy groups -OCH3 is 1. The van der Waals surface area contributed by atoms with Crippen molar-refractivity contribution in [2.24, 2.45) is 0 Å². The summed E-state index contributed by atoms with van der Waals surface area (Å²) in [6, 6.07) is 7.96. The molecule has 1 aromatic carbocycles. The number of aryl methyl sites for hydroxylation is 1. The molecule has 132 valence electrons. The van der Waals surface area contributed by atoms with Crippen molar-refractivity contribution in [1.29, 1.82) is 0 Å². The monoisotopic (exact) mass is 340 g/mol. The summed E-state index contributed by atoms with van der Waals surface area (Å²) >= 11 is 0. The van der Waals surface area contributed by atoms with E-state index in [1.807, 2.05) is 49.1 Å². The second-order valence-corrected chi connectivity index (χ2v) is 6.74. The summed E-state index contributed by atoms with van der Waals surface area (Å²) in [5.74, 6) is 1.71. The summed E-state index contributed by atoms with van der Waals surface area (Å²) in [7, 11) is 1.67. The van der Waals surface area contributed by atoms with Crippen LogP contribution >= 0.6 is 0 Å². The minimum atomic E-state index is -0.702. The Labute approximate surface area is 147 Å². The smallest absolute Gasteiger partial charge is 0.139 e. The third kappa shape index (κ3) is 4.28. The Kier molecular flexibility index (Phi) is 4.90.